The summed E-state index contributed by atoms with van der Waals surface area (Å²) in [6.45, 7) is 1.62. The number of rotatable bonds is 6. The summed E-state index contributed by atoms with van der Waals surface area (Å²) in [5.41, 5.74) is 1.40. The van der Waals surface area contributed by atoms with Crippen LogP contribution < -0.4 is 10.0 Å². The van der Waals surface area contributed by atoms with Gasteiger partial charge in [0.15, 0.2) is 0 Å². The van der Waals surface area contributed by atoms with Crippen LogP contribution in [0.25, 0.3) is 11.3 Å². The van der Waals surface area contributed by atoms with Crippen LogP contribution in [-0.2, 0) is 10.0 Å². The molecule has 2 N–H and O–H groups in total. The summed E-state index contributed by atoms with van der Waals surface area (Å²) in [5.74, 6) is -0.873. The second-order valence-corrected chi connectivity index (χ2v) is 8.58. The Morgan fingerprint density at radius 2 is 1.69 bits per heavy atom. The molecule has 0 atom stereocenters. The number of carbonyl (C=O) groups is 1. The van der Waals surface area contributed by atoms with Gasteiger partial charge >= 0.3 is 0 Å². The molecule has 0 aliphatic rings. The van der Waals surface area contributed by atoms with Gasteiger partial charge in [-0.1, -0.05) is 53.7 Å². The van der Waals surface area contributed by atoms with Crippen LogP contribution in [0.4, 0.5) is 15.8 Å². The van der Waals surface area contributed by atoms with E-state index in [0.717, 1.165) is 6.07 Å². The molecular weight excluding hydrogens is 433 g/mol. The fourth-order valence-electron chi connectivity index (χ4n) is 3.11. The summed E-state index contributed by atoms with van der Waals surface area (Å²) in [7, 11) is -4.08. The zero-order valence-corrected chi connectivity index (χ0v) is 17.7. The third-order valence-electron chi connectivity index (χ3n) is 4.66. The van der Waals surface area contributed by atoms with Crippen molar-refractivity contribution in [2.24, 2.45) is 0 Å². The lowest BCUT2D eigenvalue weighted by atomic mass is 10.1. The van der Waals surface area contributed by atoms with Gasteiger partial charge in [-0.3, -0.25) is 9.52 Å². The fourth-order valence-corrected chi connectivity index (χ4v) is 4.23. The first-order valence-corrected chi connectivity index (χ1v) is 11.0. The SMILES string of the molecule is Cc1onc(-c2ccccc2)c1C(=O)Nc1cccc(S(=O)(=O)Nc2ccccc2F)c1. The first-order valence-electron chi connectivity index (χ1n) is 9.55. The molecule has 0 radical (unpaired) electrons. The minimum atomic E-state index is -4.08. The third-order valence-corrected chi connectivity index (χ3v) is 6.02. The zero-order chi connectivity index (χ0) is 22.7. The Balaban J connectivity index is 1.60. The molecule has 4 rings (SSSR count). The molecule has 0 aliphatic heterocycles. The molecule has 3 aromatic carbocycles. The highest BCUT2D eigenvalue weighted by molar-refractivity contribution is 7.92. The summed E-state index contributed by atoms with van der Waals surface area (Å²) in [5, 5.41) is 6.66. The molecule has 7 nitrogen and oxygen atoms in total. The Kier molecular flexibility index (Phi) is 5.74. The number of halogens is 1. The molecule has 1 aromatic heterocycles. The molecule has 1 heterocycles. The van der Waals surface area contributed by atoms with E-state index in [-0.39, 0.29) is 21.8 Å². The number of amides is 1. The maximum absolute atomic E-state index is 13.9. The highest BCUT2D eigenvalue weighted by Gasteiger charge is 2.22. The predicted molar refractivity (Wildman–Crippen MR) is 118 cm³/mol. The van der Waals surface area contributed by atoms with E-state index in [1.54, 1.807) is 25.1 Å². The van der Waals surface area contributed by atoms with Gasteiger partial charge in [0.2, 0.25) is 0 Å². The van der Waals surface area contributed by atoms with Crippen LogP contribution in [0.2, 0.25) is 0 Å². The van der Waals surface area contributed by atoms with Crippen LogP contribution in [0.3, 0.4) is 0 Å². The number of benzene rings is 3. The molecule has 162 valence electrons. The van der Waals surface area contributed by atoms with Crippen LogP contribution in [-0.4, -0.2) is 19.5 Å². The molecular formula is C23H18FN3O4S. The minimum Gasteiger partial charge on any atom is -0.360 e. The molecule has 0 spiro atoms. The van der Waals surface area contributed by atoms with Gasteiger partial charge in [0.05, 0.1) is 10.6 Å². The molecule has 0 saturated carbocycles. The number of nitrogens with zero attached hydrogens (tertiary/aromatic N) is 1. The van der Waals surface area contributed by atoms with E-state index in [9.17, 15) is 17.6 Å². The molecule has 0 bridgehead atoms. The summed E-state index contributed by atoms with van der Waals surface area (Å²) in [4.78, 5) is 12.8. The number of nitrogens with one attached hydrogen (secondary N) is 2. The van der Waals surface area contributed by atoms with Crippen LogP contribution >= 0.6 is 0 Å². The predicted octanol–water partition coefficient (Wildman–Crippen LogP) is 4.84. The number of sulfonamides is 1. The van der Waals surface area contributed by atoms with Crippen molar-refractivity contribution < 1.29 is 22.1 Å². The number of aromatic nitrogens is 1. The van der Waals surface area contributed by atoms with Crippen molar-refractivity contribution in [1.29, 1.82) is 0 Å². The maximum Gasteiger partial charge on any atom is 0.262 e. The number of para-hydroxylation sites is 1. The van der Waals surface area contributed by atoms with Crippen LogP contribution in [0, 0.1) is 12.7 Å². The normalized spacial score (nSPS) is 11.2. The Morgan fingerprint density at radius 1 is 0.969 bits per heavy atom. The number of anilines is 2. The quantitative estimate of drug-likeness (QED) is 0.437. The van der Waals surface area contributed by atoms with Gasteiger partial charge in [-0.25, -0.2) is 12.8 Å². The highest BCUT2D eigenvalue weighted by Crippen LogP contribution is 2.27. The lowest BCUT2D eigenvalue weighted by molar-refractivity contribution is 0.102. The van der Waals surface area contributed by atoms with Gasteiger partial charge in [0, 0.05) is 11.3 Å². The molecule has 32 heavy (non-hydrogen) atoms. The Bertz CT molecular complexity index is 1390. The van der Waals surface area contributed by atoms with E-state index in [1.807, 2.05) is 18.2 Å². The molecule has 9 heteroatoms. The standard InChI is InChI=1S/C23H18FN3O4S/c1-15-21(22(26-31-15)16-8-3-2-4-9-16)23(28)25-17-10-7-11-18(14-17)32(29,30)27-20-13-6-5-12-19(20)24/h2-14,27H,1H3,(H,25,28). The average Bonchev–Trinajstić information content (AvgIpc) is 3.17. The van der Waals surface area contributed by atoms with E-state index in [2.05, 4.69) is 15.2 Å². The third kappa shape index (κ3) is 4.37. The van der Waals surface area contributed by atoms with Crippen LogP contribution in [0.15, 0.2) is 88.3 Å². The van der Waals surface area contributed by atoms with Crippen LogP contribution in [0.1, 0.15) is 16.1 Å². The van der Waals surface area contributed by atoms with Gasteiger partial charge in [-0.15, -0.1) is 0 Å². The van der Waals surface area contributed by atoms with E-state index in [1.165, 1.54) is 36.4 Å². The first-order chi connectivity index (χ1) is 15.3. The summed E-state index contributed by atoms with van der Waals surface area (Å²) in [6, 6.07) is 20.2. The zero-order valence-electron chi connectivity index (χ0n) is 16.9. The van der Waals surface area contributed by atoms with Crippen molar-refractivity contribution in [3.63, 3.8) is 0 Å². The number of carbonyl (C=O) groups excluding carboxylic acids is 1. The van der Waals surface area contributed by atoms with E-state index in [0.29, 0.717) is 17.0 Å². The first kappa shape index (κ1) is 21.3. The monoisotopic (exact) mass is 451 g/mol. The minimum absolute atomic E-state index is 0.135. The lowest BCUT2D eigenvalue weighted by Gasteiger charge is -2.11. The fraction of sp³-hybridized carbons (Fsp3) is 0.0435. The summed E-state index contributed by atoms with van der Waals surface area (Å²) >= 11 is 0. The summed E-state index contributed by atoms with van der Waals surface area (Å²) < 4.78 is 46.7. The maximum atomic E-state index is 13.9. The largest absolute Gasteiger partial charge is 0.360 e. The van der Waals surface area contributed by atoms with Crippen molar-refractivity contribution in [3.8, 4) is 11.3 Å². The number of aryl methyl sites for hydroxylation is 1. The van der Waals surface area contributed by atoms with E-state index in [4.69, 9.17) is 4.52 Å². The summed E-state index contributed by atoms with van der Waals surface area (Å²) in [6.07, 6.45) is 0. The lowest BCUT2D eigenvalue weighted by Crippen LogP contribution is -2.16. The van der Waals surface area contributed by atoms with E-state index >= 15 is 0 Å². The van der Waals surface area contributed by atoms with Gasteiger partial charge < -0.3 is 9.84 Å². The van der Waals surface area contributed by atoms with Gasteiger partial charge in [0.1, 0.15) is 22.8 Å². The average molecular weight is 451 g/mol. The molecule has 0 unspecified atom stereocenters. The number of hydrogen-bond donors (Lipinski definition) is 2. The van der Waals surface area contributed by atoms with Gasteiger partial charge in [0.25, 0.3) is 15.9 Å². The van der Waals surface area contributed by atoms with E-state index < -0.39 is 21.7 Å². The Morgan fingerprint density at radius 3 is 2.44 bits per heavy atom. The second-order valence-electron chi connectivity index (χ2n) is 6.90. The number of hydrogen-bond acceptors (Lipinski definition) is 5. The Hall–Kier alpha value is -3.98. The van der Waals surface area contributed by atoms with Crippen molar-refractivity contribution in [1.82, 2.24) is 5.16 Å². The Labute approximate surface area is 183 Å². The van der Waals surface area contributed by atoms with Gasteiger partial charge in [-0.05, 0) is 37.3 Å². The molecule has 1 amide bonds. The van der Waals surface area contributed by atoms with Crippen LogP contribution in [0.5, 0.6) is 0 Å². The van der Waals surface area contributed by atoms with Gasteiger partial charge in [-0.2, -0.15) is 0 Å². The smallest absolute Gasteiger partial charge is 0.262 e. The highest BCUT2D eigenvalue weighted by atomic mass is 32.2. The van der Waals surface area contributed by atoms with Crippen molar-refractivity contribution in [2.45, 2.75) is 11.8 Å². The van der Waals surface area contributed by atoms with Crippen molar-refractivity contribution in [2.75, 3.05) is 10.0 Å². The molecule has 0 fully saturated rings. The molecule has 4 aromatic rings. The second kappa shape index (κ2) is 8.64. The van der Waals surface area contributed by atoms with Crippen molar-refractivity contribution >= 4 is 27.3 Å². The molecule has 0 aliphatic carbocycles. The molecule has 0 saturated heterocycles. The topological polar surface area (TPSA) is 101 Å². The van der Waals surface area contributed by atoms with Crippen molar-refractivity contribution in [3.05, 3.63) is 96.0 Å².